The average Bonchev–Trinajstić information content (AvgIpc) is 2.39. The summed E-state index contributed by atoms with van der Waals surface area (Å²) in [7, 11) is 0. The Morgan fingerprint density at radius 2 is 2.12 bits per heavy atom. The Morgan fingerprint density at radius 3 is 3.00 bits per heavy atom. The lowest BCUT2D eigenvalue weighted by atomic mass is 10.0. The Balaban J connectivity index is 2.11. The minimum absolute atomic E-state index is 0.719. The molecule has 0 bridgehead atoms. The molecule has 4 nitrogen and oxygen atoms in total. The minimum Gasteiger partial charge on any atom is -0.385 e. The lowest BCUT2D eigenvalue weighted by Gasteiger charge is -2.20. The highest BCUT2D eigenvalue weighted by atomic mass is 15.1. The van der Waals surface area contributed by atoms with Gasteiger partial charge >= 0.3 is 0 Å². The van der Waals surface area contributed by atoms with E-state index in [0.29, 0.717) is 0 Å². The molecule has 4 heteroatoms. The van der Waals surface area contributed by atoms with Gasteiger partial charge in [-0.15, -0.1) is 0 Å². The Bertz CT molecular complexity index is 589. The molecule has 0 amide bonds. The van der Waals surface area contributed by atoms with Crippen molar-refractivity contribution < 1.29 is 0 Å². The van der Waals surface area contributed by atoms with Crippen molar-refractivity contribution in [2.24, 2.45) is 5.73 Å². The molecule has 0 saturated heterocycles. The fraction of sp³-hybridized carbons (Fsp3) is 0.154. The number of para-hydroxylation sites is 1. The second kappa shape index (κ2) is 4.07. The standard InChI is InChI=1S/C13H14N4/c14-13-11(7-15-8-17-13)10-5-9-3-1-2-4-12(9)16-6-10/h1-6,15,17H,7-8,14H2. The highest BCUT2D eigenvalue weighted by Gasteiger charge is 2.11. The van der Waals surface area contributed by atoms with Gasteiger partial charge in [-0.1, -0.05) is 18.2 Å². The summed E-state index contributed by atoms with van der Waals surface area (Å²) in [5.41, 5.74) is 9.11. The number of pyridine rings is 1. The number of fused-ring (bicyclic) bond motifs is 1. The van der Waals surface area contributed by atoms with E-state index in [4.69, 9.17) is 5.73 Å². The number of hydrogen-bond donors (Lipinski definition) is 3. The van der Waals surface area contributed by atoms with Crippen LogP contribution in [0.2, 0.25) is 0 Å². The van der Waals surface area contributed by atoms with Crippen molar-refractivity contribution in [3.8, 4) is 0 Å². The van der Waals surface area contributed by atoms with Gasteiger partial charge in [0.1, 0.15) is 5.82 Å². The highest BCUT2D eigenvalue weighted by molar-refractivity contribution is 5.83. The minimum atomic E-state index is 0.719. The van der Waals surface area contributed by atoms with Crippen molar-refractivity contribution in [3.63, 3.8) is 0 Å². The van der Waals surface area contributed by atoms with Crippen LogP contribution in [-0.2, 0) is 0 Å². The molecule has 4 N–H and O–H groups in total. The van der Waals surface area contributed by atoms with Gasteiger partial charge < -0.3 is 11.1 Å². The average molecular weight is 226 g/mol. The smallest absolute Gasteiger partial charge is 0.102 e. The van der Waals surface area contributed by atoms with Crippen LogP contribution in [0.15, 0.2) is 42.3 Å². The molecule has 0 unspecified atom stereocenters. The van der Waals surface area contributed by atoms with Crippen LogP contribution in [0.1, 0.15) is 5.56 Å². The monoisotopic (exact) mass is 226 g/mol. The topological polar surface area (TPSA) is 63.0 Å². The van der Waals surface area contributed by atoms with Gasteiger partial charge in [-0.3, -0.25) is 10.3 Å². The maximum Gasteiger partial charge on any atom is 0.102 e. The van der Waals surface area contributed by atoms with Gasteiger partial charge in [0.15, 0.2) is 0 Å². The molecule has 0 saturated carbocycles. The number of nitrogens with zero attached hydrogens (tertiary/aromatic N) is 1. The van der Waals surface area contributed by atoms with Crippen molar-refractivity contribution in [1.82, 2.24) is 15.6 Å². The molecule has 2 heterocycles. The number of hydrogen-bond acceptors (Lipinski definition) is 4. The molecule has 0 radical (unpaired) electrons. The van der Waals surface area contributed by atoms with Gasteiger partial charge in [-0.25, -0.2) is 0 Å². The third kappa shape index (κ3) is 1.83. The lowest BCUT2D eigenvalue weighted by Crippen LogP contribution is -2.39. The van der Waals surface area contributed by atoms with Crippen molar-refractivity contribution in [2.45, 2.75) is 0 Å². The van der Waals surface area contributed by atoms with Gasteiger partial charge in [0.25, 0.3) is 0 Å². The maximum atomic E-state index is 5.96. The molecule has 1 aliphatic heterocycles. The van der Waals surface area contributed by atoms with Gasteiger partial charge in [0, 0.05) is 29.3 Å². The summed E-state index contributed by atoms with van der Waals surface area (Å²) < 4.78 is 0. The summed E-state index contributed by atoms with van der Waals surface area (Å²) in [6.07, 6.45) is 1.87. The van der Waals surface area contributed by atoms with Crippen molar-refractivity contribution >= 4 is 16.5 Å². The van der Waals surface area contributed by atoms with Crippen LogP contribution in [0.25, 0.3) is 16.5 Å². The molecule has 3 rings (SSSR count). The SMILES string of the molecule is NC1=C(c2cnc3ccccc3c2)CNCN1. The first-order valence-electron chi connectivity index (χ1n) is 5.63. The predicted octanol–water partition coefficient (Wildman–Crippen LogP) is 1.01. The van der Waals surface area contributed by atoms with Crippen LogP contribution in [-0.4, -0.2) is 18.2 Å². The van der Waals surface area contributed by atoms with E-state index in [1.807, 2.05) is 24.4 Å². The van der Waals surface area contributed by atoms with Crippen molar-refractivity contribution in [2.75, 3.05) is 13.2 Å². The molecule has 1 aromatic heterocycles. The van der Waals surface area contributed by atoms with Crippen LogP contribution in [0.4, 0.5) is 0 Å². The molecular weight excluding hydrogens is 212 g/mol. The zero-order chi connectivity index (χ0) is 11.7. The third-order valence-corrected chi connectivity index (χ3v) is 2.97. The first-order valence-corrected chi connectivity index (χ1v) is 5.63. The maximum absolute atomic E-state index is 5.96. The lowest BCUT2D eigenvalue weighted by molar-refractivity contribution is 0.643. The van der Waals surface area contributed by atoms with E-state index in [1.165, 1.54) is 0 Å². The van der Waals surface area contributed by atoms with Crippen LogP contribution >= 0.6 is 0 Å². The summed E-state index contributed by atoms with van der Waals surface area (Å²) in [6.45, 7) is 1.50. The van der Waals surface area contributed by atoms with E-state index in [-0.39, 0.29) is 0 Å². The number of nitrogens with two attached hydrogens (primary N) is 1. The van der Waals surface area contributed by atoms with Gasteiger partial charge in [0.05, 0.1) is 12.2 Å². The normalized spacial score (nSPS) is 16.0. The fourth-order valence-corrected chi connectivity index (χ4v) is 2.04. The predicted molar refractivity (Wildman–Crippen MR) is 68.9 cm³/mol. The quantitative estimate of drug-likeness (QED) is 0.679. The van der Waals surface area contributed by atoms with E-state index in [0.717, 1.165) is 41.1 Å². The molecule has 1 aliphatic rings. The summed E-state index contributed by atoms with van der Waals surface area (Å²) >= 11 is 0. The summed E-state index contributed by atoms with van der Waals surface area (Å²) in [5, 5.41) is 7.47. The molecule has 0 spiro atoms. The first kappa shape index (κ1) is 10.1. The highest BCUT2D eigenvalue weighted by Crippen LogP contribution is 2.20. The second-order valence-corrected chi connectivity index (χ2v) is 4.09. The zero-order valence-corrected chi connectivity index (χ0v) is 9.40. The van der Waals surface area contributed by atoms with Crippen LogP contribution in [0, 0.1) is 0 Å². The first-order chi connectivity index (χ1) is 8.34. The van der Waals surface area contributed by atoms with Crippen molar-refractivity contribution in [1.29, 1.82) is 0 Å². The zero-order valence-electron chi connectivity index (χ0n) is 9.40. The van der Waals surface area contributed by atoms with Crippen LogP contribution in [0.5, 0.6) is 0 Å². The van der Waals surface area contributed by atoms with Gasteiger partial charge in [-0.05, 0) is 12.1 Å². The molecule has 0 atom stereocenters. The Hall–Kier alpha value is -2.07. The Labute approximate surface area is 99.5 Å². The number of rotatable bonds is 1. The molecule has 0 fully saturated rings. The number of aromatic nitrogens is 1. The third-order valence-electron chi connectivity index (χ3n) is 2.97. The summed E-state index contributed by atoms with van der Waals surface area (Å²) in [5.74, 6) is 0.737. The number of benzene rings is 1. The summed E-state index contributed by atoms with van der Waals surface area (Å²) in [4.78, 5) is 4.45. The van der Waals surface area contributed by atoms with E-state index in [2.05, 4.69) is 27.8 Å². The van der Waals surface area contributed by atoms with Crippen molar-refractivity contribution in [3.05, 3.63) is 47.9 Å². The molecule has 1 aromatic carbocycles. The molecule has 17 heavy (non-hydrogen) atoms. The molecular formula is C13H14N4. The molecule has 86 valence electrons. The second-order valence-electron chi connectivity index (χ2n) is 4.09. The Kier molecular flexibility index (Phi) is 2.42. The van der Waals surface area contributed by atoms with E-state index in [9.17, 15) is 0 Å². The van der Waals surface area contributed by atoms with Crippen LogP contribution in [0.3, 0.4) is 0 Å². The van der Waals surface area contributed by atoms with E-state index < -0.39 is 0 Å². The summed E-state index contributed by atoms with van der Waals surface area (Å²) in [6, 6.07) is 10.2. The number of nitrogens with one attached hydrogen (secondary N) is 2. The Morgan fingerprint density at radius 1 is 1.24 bits per heavy atom. The van der Waals surface area contributed by atoms with E-state index in [1.54, 1.807) is 0 Å². The van der Waals surface area contributed by atoms with Gasteiger partial charge in [-0.2, -0.15) is 0 Å². The largest absolute Gasteiger partial charge is 0.385 e. The van der Waals surface area contributed by atoms with E-state index >= 15 is 0 Å². The van der Waals surface area contributed by atoms with Gasteiger partial charge in [0.2, 0.25) is 0 Å². The van der Waals surface area contributed by atoms with Crippen LogP contribution < -0.4 is 16.4 Å². The molecule has 2 aromatic rings. The fourth-order valence-electron chi connectivity index (χ4n) is 2.04. The molecule has 0 aliphatic carbocycles.